The second-order valence-electron chi connectivity index (χ2n) is 6.59. The molecule has 0 fully saturated rings. The number of carbonyl (C=O) groups excluding carboxylic acids is 1. The van der Waals surface area contributed by atoms with Gasteiger partial charge in [0.2, 0.25) is 0 Å². The minimum Gasteiger partial charge on any atom is -0.451 e. The first-order valence-corrected chi connectivity index (χ1v) is 10.2. The van der Waals surface area contributed by atoms with Gasteiger partial charge in [0, 0.05) is 29.1 Å². The lowest BCUT2D eigenvalue weighted by Gasteiger charge is -2.14. The van der Waals surface area contributed by atoms with Crippen LogP contribution >= 0.6 is 11.8 Å². The second kappa shape index (κ2) is 8.62. The van der Waals surface area contributed by atoms with Crippen molar-refractivity contribution < 1.29 is 18.0 Å². The molecule has 0 aliphatic heterocycles. The van der Waals surface area contributed by atoms with Gasteiger partial charge in [-0.1, -0.05) is 36.0 Å². The Morgan fingerprint density at radius 2 is 1.87 bits per heavy atom. The molecule has 0 saturated carbocycles. The smallest absolute Gasteiger partial charge is 0.287 e. The monoisotopic (exact) mass is 425 g/mol. The Balaban J connectivity index is 1.60. The standard InChI is InChI=1S/C22H17F2N3O2S/c1-13(14-7-8-17(23)18(24)11-14)27-21(28)20-16(12-30-22-25-9-4-10-26-22)15-5-2-3-6-19(15)29-20/h2-11,13H,12H2,1H3,(H,27,28)/t13-/m0/s1. The highest BCUT2D eigenvalue weighted by atomic mass is 32.2. The molecule has 30 heavy (non-hydrogen) atoms. The number of carbonyl (C=O) groups is 1. The second-order valence-corrected chi connectivity index (χ2v) is 7.54. The molecule has 5 nitrogen and oxygen atoms in total. The zero-order chi connectivity index (χ0) is 21.1. The summed E-state index contributed by atoms with van der Waals surface area (Å²) in [5, 5.41) is 4.21. The van der Waals surface area contributed by atoms with E-state index in [2.05, 4.69) is 15.3 Å². The molecule has 1 N–H and O–H groups in total. The van der Waals surface area contributed by atoms with Crippen molar-refractivity contribution >= 4 is 28.6 Å². The minimum absolute atomic E-state index is 0.175. The topological polar surface area (TPSA) is 68.0 Å². The van der Waals surface area contributed by atoms with Gasteiger partial charge < -0.3 is 9.73 Å². The Kier molecular flexibility index (Phi) is 5.76. The number of furan rings is 1. The van der Waals surface area contributed by atoms with Crippen LogP contribution in [0.3, 0.4) is 0 Å². The summed E-state index contributed by atoms with van der Waals surface area (Å²) in [6.45, 7) is 1.69. The van der Waals surface area contributed by atoms with Crippen LogP contribution in [-0.4, -0.2) is 15.9 Å². The van der Waals surface area contributed by atoms with Crippen molar-refractivity contribution in [2.45, 2.75) is 23.9 Å². The highest BCUT2D eigenvalue weighted by Gasteiger charge is 2.23. The summed E-state index contributed by atoms with van der Waals surface area (Å²) in [7, 11) is 0. The van der Waals surface area contributed by atoms with Gasteiger partial charge in [0.05, 0.1) is 6.04 Å². The van der Waals surface area contributed by atoms with Gasteiger partial charge in [-0.15, -0.1) is 0 Å². The predicted octanol–water partition coefficient (Wildman–Crippen LogP) is 5.28. The minimum atomic E-state index is -0.961. The van der Waals surface area contributed by atoms with Gasteiger partial charge in [0.15, 0.2) is 22.6 Å². The third kappa shape index (κ3) is 4.18. The Bertz CT molecular complexity index is 1200. The molecule has 4 aromatic rings. The van der Waals surface area contributed by atoms with Crippen molar-refractivity contribution in [3.63, 3.8) is 0 Å². The first-order chi connectivity index (χ1) is 14.5. The molecule has 4 rings (SSSR count). The van der Waals surface area contributed by atoms with E-state index >= 15 is 0 Å². The number of aromatic nitrogens is 2. The fourth-order valence-electron chi connectivity index (χ4n) is 3.05. The van der Waals surface area contributed by atoms with Crippen LogP contribution in [0.2, 0.25) is 0 Å². The quantitative estimate of drug-likeness (QED) is 0.336. The van der Waals surface area contributed by atoms with Gasteiger partial charge in [0.25, 0.3) is 5.91 Å². The van der Waals surface area contributed by atoms with Gasteiger partial charge in [-0.3, -0.25) is 4.79 Å². The highest BCUT2D eigenvalue weighted by molar-refractivity contribution is 7.98. The predicted molar refractivity (Wildman–Crippen MR) is 110 cm³/mol. The Morgan fingerprint density at radius 1 is 1.10 bits per heavy atom. The number of halogens is 2. The molecule has 0 spiro atoms. The van der Waals surface area contributed by atoms with E-state index < -0.39 is 23.6 Å². The van der Waals surface area contributed by atoms with Crippen LogP contribution in [0.1, 0.15) is 34.6 Å². The average Bonchev–Trinajstić information content (AvgIpc) is 3.13. The molecular formula is C22H17F2N3O2S. The molecule has 1 amide bonds. The molecule has 0 aliphatic carbocycles. The van der Waals surface area contributed by atoms with E-state index in [1.54, 1.807) is 31.5 Å². The largest absolute Gasteiger partial charge is 0.451 e. The molecule has 152 valence electrons. The molecule has 0 saturated heterocycles. The van der Waals surface area contributed by atoms with Crippen molar-refractivity contribution in [1.82, 2.24) is 15.3 Å². The molecule has 2 aromatic carbocycles. The molecule has 2 heterocycles. The van der Waals surface area contributed by atoms with Crippen LogP contribution in [-0.2, 0) is 5.75 Å². The average molecular weight is 425 g/mol. The van der Waals surface area contributed by atoms with Crippen molar-refractivity contribution in [1.29, 1.82) is 0 Å². The Morgan fingerprint density at radius 3 is 2.63 bits per heavy atom. The Labute approximate surface area is 175 Å². The van der Waals surface area contributed by atoms with E-state index in [4.69, 9.17) is 4.42 Å². The number of amides is 1. The van der Waals surface area contributed by atoms with Crippen molar-refractivity contribution in [3.8, 4) is 0 Å². The molecule has 0 bridgehead atoms. The summed E-state index contributed by atoms with van der Waals surface area (Å²) >= 11 is 1.39. The number of thioether (sulfide) groups is 1. The summed E-state index contributed by atoms with van der Waals surface area (Å²) in [6, 6.07) is 12.1. The molecule has 0 radical (unpaired) electrons. The maximum Gasteiger partial charge on any atom is 0.287 e. The van der Waals surface area contributed by atoms with Crippen LogP contribution in [0.4, 0.5) is 8.78 Å². The first kappa shape index (κ1) is 20.0. The van der Waals surface area contributed by atoms with Crippen LogP contribution in [0, 0.1) is 11.6 Å². The number of fused-ring (bicyclic) bond motifs is 1. The number of para-hydroxylation sites is 1. The summed E-state index contributed by atoms with van der Waals surface area (Å²) in [4.78, 5) is 21.4. The number of nitrogens with one attached hydrogen (secondary N) is 1. The lowest BCUT2D eigenvalue weighted by atomic mass is 10.1. The number of rotatable bonds is 6. The molecule has 0 unspecified atom stereocenters. The van der Waals surface area contributed by atoms with Crippen molar-refractivity contribution in [2.24, 2.45) is 0 Å². The third-order valence-corrected chi connectivity index (χ3v) is 5.49. The van der Waals surface area contributed by atoms with Crippen molar-refractivity contribution in [2.75, 3.05) is 0 Å². The maximum atomic E-state index is 13.5. The van der Waals surface area contributed by atoms with E-state index in [1.807, 2.05) is 18.2 Å². The van der Waals surface area contributed by atoms with Crippen molar-refractivity contribution in [3.05, 3.63) is 89.4 Å². The molecule has 2 aromatic heterocycles. The fraction of sp³-hybridized carbons (Fsp3) is 0.136. The lowest BCUT2D eigenvalue weighted by molar-refractivity contribution is 0.0913. The fourth-order valence-corrected chi connectivity index (χ4v) is 3.88. The summed E-state index contributed by atoms with van der Waals surface area (Å²) in [5.74, 6) is -1.72. The summed E-state index contributed by atoms with van der Waals surface area (Å²) < 4.78 is 32.6. The molecule has 1 atom stereocenters. The van der Waals surface area contributed by atoms with E-state index in [9.17, 15) is 13.6 Å². The lowest BCUT2D eigenvalue weighted by Crippen LogP contribution is -2.27. The maximum absolute atomic E-state index is 13.5. The third-order valence-electron chi connectivity index (χ3n) is 4.58. The van der Waals surface area contributed by atoms with Crippen LogP contribution < -0.4 is 5.32 Å². The summed E-state index contributed by atoms with van der Waals surface area (Å²) in [5.41, 5.74) is 1.76. The molecular weight excluding hydrogens is 408 g/mol. The SMILES string of the molecule is C[C@H](NC(=O)c1oc2ccccc2c1CSc1ncccn1)c1ccc(F)c(F)c1. The first-order valence-electron chi connectivity index (χ1n) is 9.19. The van der Waals surface area contributed by atoms with Crippen LogP contribution in [0.15, 0.2) is 70.5 Å². The van der Waals surface area contributed by atoms with E-state index in [0.29, 0.717) is 22.1 Å². The normalized spacial score (nSPS) is 12.1. The van der Waals surface area contributed by atoms with Crippen LogP contribution in [0.25, 0.3) is 11.0 Å². The molecule has 8 heteroatoms. The number of nitrogens with zero attached hydrogens (tertiary/aromatic N) is 2. The molecule has 0 aliphatic rings. The van der Waals surface area contributed by atoms with Gasteiger partial charge in [-0.25, -0.2) is 18.7 Å². The summed E-state index contributed by atoms with van der Waals surface area (Å²) in [6.07, 6.45) is 3.31. The Hall–Kier alpha value is -3.26. The van der Waals surface area contributed by atoms with Gasteiger partial charge >= 0.3 is 0 Å². The van der Waals surface area contributed by atoms with E-state index in [1.165, 1.54) is 17.8 Å². The highest BCUT2D eigenvalue weighted by Crippen LogP contribution is 2.31. The number of benzene rings is 2. The number of hydrogen-bond acceptors (Lipinski definition) is 5. The van der Waals surface area contributed by atoms with E-state index in [-0.39, 0.29) is 5.76 Å². The number of hydrogen-bond donors (Lipinski definition) is 1. The van der Waals surface area contributed by atoms with Crippen LogP contribution in [0.5, 0.6) is 0 Å². The van der Waals surface area contributed by atoms with Gasteiger partial charge in [-0.2, -0.15) is 0 Å². The van der Waals surface area contributed by atoms with Gasteiger partial charge in [0.1, 0.15) is 5.58 Å². The van der Waals surface area contributed by atoms with Gasteiger partial charge in [-0.05, 0) is 36.8 Å². The zero-order valence-electron chi connectivity index (χ0n) is 15.9. The van der Waals surface area contributed by atoms with E-state index in [0.717, 1.165) is 23.1 Å². The zero-order valence-corrected chi connectivity index (χ0v) is 16.7.